The quantitative estimate of drug-likeness (QED) is 0.578. The van der Waals surface area contributed by atoms with Crippen molar-refractivity contribution in [2.24, 2.45) is 0 Å². The summed E-state index contributed by atoms with van der Waals surface area (Å²) >= 11 is 5.60. The van der Waals surface area contributed by atoms with Crippen LogP contribution in [-0.4, -0.2) is 0 Å². The van der Waals surface area contributed by atoms with Gasteiger partial charge in [-0.1, -0.05) is 29.8 Å². The van der Waals surface area contributed by atoms with E-state index in [2.05, 4.69) is 19.1 Å². The fourth-order valence-electron chi connectivity index (χ4n) is 0.795. The largest absolute Gasteiger partial charge is 0.147 e. The van der Waals surface area contributed by atoms with Gasteiger partial charge in [0, 0.05) is 5.88 Å². The van der Waals surface area contributed by atoms with Crippen LogP contribution in [0.4, 0.5) is 0 Å². The van der Waals surface area contributed by atoms with Gasteiger partial charge in [-0.05, 0) is 12.5 Å². The minimum Gasteiger partial charge on any atom is -0.147 e. The van der Waals surface area contributed by atoms with E-state index in [1.165, 1.54) is 11.1 Å². The van der Waals surface area contributed by atoms with Gasteiger partial charge in [0.15, 0.2) is 0 Å². The zero-order valence-corrected chi connectivity index (χ0v) is 7.38. The number of halogens is 2. The molecule has 0 saturated carbocycles. The average Bonchev–Trinajstić information content (AvgIpc) is 1.88. The van der Waals surface area contributed by atoms with E-state index in [0.717, 1.165) is 0 Å². The molecule has 0 atom stereocenters. The highest BCUT2D eigenvalue weighted by atomic mass is 35.5. The Balaban J connectivity index is 0.000000810. The van der Waals surface area contributed by atoms with Crippen molar-refractivity contribution < 1.29 is 0 Å². The van der Waals surface area contributed by atoms with Gasteiger partial charge >= 0.3 is 0 Å². The fraction of sp³-hybridized carbons (Fsp3) is 0.250. The first-order chi connectivity index (χ1) is 4.33. The van der Waals surface area contributed by atoms with Crippen molar-refractivity contribution in [2.45, 2.75) is 12.8 Å². The Morgan fingerprint density at radius 1 is 1.40 bits per heavy atom. The normalized spacial score (nSPS) is 8.60. The monoisotopic (exact) mass is 176 g/mol. The molecule has 56 valence electrons. The van der Waals surface area contributed by atoms with E-state index in [1.807, 2.05) is 12.1 Å². The molecule has 0 heterocycles. The van der Waals surface area contributed by atoms with E-state index < -0.39 is 0 Å². The van der Waals surface area contributed by atoms with Crippen molar-refractivity contribution in [1.82, 2.24) is 0 Å². The summed E-state index contributed by atoms with van der Waals surface area (Å²) in [5.74, 6) is 0.613. The summed E-state index contributed by atoms with van der Waals surface area (Å²) in [4.78, 5) is 0. The van der Waals surface area contributed by atoms with Gasteiger partial charge in [-0.3, -0.25) is 0 Å². The Bertz CT molecular complexity index is 196. The van der Waals surface area contributed by atoms with Crippen molar-refractivity contribution in [2.75, 3.05) is 0 Å². The number of hydrogen-bond donors (Lipinski definition) is 0. The first kappa shape index (κ1) is 9.80. The Hall–Kier alpha value is -0.200. The second kappa shape index (κ2) is 4.59. The van der Waals surface area contributed by atoms with Gasteiger partial charge in [-0.25, -0.2) is 0 Å². The lowest BCUT2D eigenvalue weighted by atomic mass is 10.2. The second-order valence-electron chi connectivity index (χ2n) is 2.12. The standard InChI is InChI=1S/C8H9Cl.ClH/c1-7-3-2-4-8(5-7)6-9;/h2-5H,6H2,1H3;1H. The Kier molecular flexibility index (Phi) is 4.50. The summed E-state index contributed by atoms with van der Waals surface area (Å²) in [6, 6.07) is 8.20. The van der Waals surface area contributed by atoms with Gasteiger partial charge in [-0.15, -0.1) is 24.0 Å². The van der Waals surface area contributed by atoms with Crippen LogP contribution in [0.2, 0.25) is 0 Å². The smallest absolute Gasteiger partial charge is 0.0474 e. The van der Waals surface area contributed by atoms with Crippen molar-refractivity contribution in [1.29, 1.82) is 0 Å². The van der Waals surface area contributed by atoms with E-state index >= 15 is 0 Å². The molecule has 0 radical (unpaired) electrons. The molecule has 0 aliphatic carbocycles. The summed E-state index contributed by atoms with van der Waals surface area (Å²) in [6.07, 6.45) is 0. The summed E-state index contributed by atoms with van der Waals surface area (Å²) < 4.78 is 0. The summed E-state index contributed by atoms with van der Waals surface area (Å²) in [6.45, 7) is 2.07. The van der Waals surface area contributed by atoms with E-state index in [1.54, 1.807) is 0 Å². The molecule has 0 fully saturated rings. The molecule has 1 rings (SSSR count). The first-order valence-corrected chi connectivity index (χ1v) is 3.48. The van der Waals surface area contributed by atoms with E-state index in [4.69, 9.17) is 11.6 Å². The molecule has 0 aromatic heterocycles. The summed E-state index contributed by atoms with van der Waals surface area (Å²) in [7, 11) is 0. The number of hydrogen-bond acceptors (Lipinski definition) is 0. The van der Waals surface area contributed by atoms with Gasteiger partial charge in [0.1, 0.15) is 0 Å². The highest BCUT2D eigenvalue weighted by Crippen LogP contribution is 2.05. The van der Waals surface area contributed by atoms with Crippen molar-refractivity contribution >= 4 is 24.0 Å². The minimum absolute atomic E-state index is 0. The SMILES string of the molecule is Cc1cccc(CCl)c1.Cl. The lowest BCUT2D eigenvalue weighted by molar-refractivity contribution is 1.35. The van der Waals surface area contributed by atoms with Crippen LogP contribution in [0.1, 0.15) is 11.1 Å². The van der Waals surface area contributed by atoms with Gasteiger partial charge in [0.25, 0.3) is 0 Å². The summed E-state index contributed by atoms with van der Waals surface area (Å²) in [5.41, 5.74) is 2.46. The first-order valence-electron chi connectivity index (χ1n) is 2.94. The summed E-state index contributed by atoms with van der Waals surface area (Å²) in [5, 5.41) is 0. The van der Waals surface area contributed by atoms with Crippen LogP contribution in [0.3, 0.4) is 0 Å². The van der Waals surface area contributed by atoms with Gasteiger partial charge in [0.05, 0.1) is 0 Å². The van der Waals surface area contributed by atoms with Gasteiger partial charge < -0.3 is 0 Å². The van der Waals surface area contributed by atoms with Crippen LogP contribution in [0.15, 0.2) is 24.3 Å². The molecule has 1 aromatic carbocycles. The van der Waals surface area contributed by atoms with Crippen molar-refractivity contribution in [3.05, 3.63) is 35.4 Å². The number of rotatable bonds is 1. The van der Waals surface area contributed by atoms with Crippen LogP contribution in [0.25, 0.3) is 0 Å². The van der Waals surface area contributed by atoms with E-state index in [0.29, 0.717) is 5.88 Å². The minimum atomic E-state index is 0. The maximum atomic E-state index is 5.60. The van der Waals surface area contributed by atoms with Crippen LogP contribution in [0.5, 0.6) is 0 Å². The third-order valence-corrected chi connectivity index (χ3v) is 1.55. The van der Waals surface area contributed by atoms with Gasteiger partial charge in [-0.2, -0.15) is 0 Å². The van der Waals surface area contributed by atoms with Crippen LogP contribution in [0, 0.1) is 6.92 Å². The molecule has 0 saturated heterocycles. The molecule has 2 heteroatoms. The van der Waals surface area contributed by atoms with Crippen molar-refractivity contribution in [3.63, 3.8) is 0 Å². The molecular formula is C8H10Cl2. The van der Waals surface area contributed by atoms with Gasteiger partial charge in [0.2, 0.25) is 0 Å². The molecule has 0 N–H and O–H groups in total. The fourth-order valence-corrected chi connectivity index (χ4v) is 0.962. The maximum absolute atomic E-state index is 5.60. The molecule has 0 nitrogen and oxygen atoms in total. The lowest BCUT2D eigenvalue weighted by Gasteiger charge is -1.94. The molecule has 1 aromatic rings. The molecule has 0 aliphatic rings. The Morgan fingerprint density at radius 3 is 2.50 bits per heavy atom. The third kappa shape index (κ3) is 2.59. The molecule has 0 unspecified atom stereocenters. The number of aryl methyl sites for hydroxylation is 1. The number of alkyl halides is 1. The zero-order chi connectivity index (χ0) is 6.69. The maximum Gasteiger partial charge on any atom is 0.0474 e. The topological polar surface area (TPSA) is 0 Å². The lowest BCUT2D eigenvalue weighted by Crippen LogP contribution is -1.76. The second-order valence-corrected chi connectivity index (χ2v) is 2.39. The third-order valence-electron chi connectivity index (χ3n) is 1.24. The highest BCUT2D eigenvalue weighted by molar-refractivity contribution is 6.17. The highest BCUT2D eigenvalue weighted by Gasteiger charge is 1.87. The molecule has 0 bridgehead atoms. The average molecular weight is 177 g/mol. The predicted molar refractivity (Wildman–Crippen MR) is 48.0 cm³/mol. The zero-order valence-electron chi connectivity index (χ0n) is 5.80. The predicted octanol–water partition coefficient (Wildman–Crippen LogP) is 3.16. The number of benzene rings is 1. The van der Waals surface area contributed by atoms with Crippen LogP contribution in [-0.2, 0) is 5.88 Å². The molecule has 0 aliphatic heterocycles. The van der Waals surface area contributed by atoms with Crippen LogP contribution >= 0.6 is 24.0 Å². The molecule has 0 amide bonds. The molecular weight excluding hydrogens is 167 g/mol. The van der Waals surface area contributed by atoms with Crippen molar-refractivity contribution in [3.8, 4) is 0 Å². The molecule has 0 spiro atoms. The van der Waals surface area contributed by atoms with E-state index in [-0.39, 0.29) is 12.4 Å². The molecule has 10 heavy (non-hydrogen) atoms. The Morgan fingerprint density at radius 2 is 2.10 bits per heavy atom. The van der Waals surface area contributed by atoms with Crippen LogP contribution < -0.4 is 0 Å². The Labute approximate surface area is 72.6 Å². The van der Waals surface area contributed by atoms with E-state index in [9.17, 15) is 0 Å².